The Labute approximate surface area is 104 Å². The smallest absolute Gasteiger partial charge is 0.216 e. The third-order valence-electron chi connectivity index (χ3n) is 2.32. The number of aromatic nitrogens is 2. The molecule has 0 fully saturated rings. The number of benzene rings is 1. The van der Waals surface area contributed by atoms with Gasteiger partial charge in [0.25, 0.3) is 0 Å². The van der Waals surface area contributed by atoms with Crippen LogP contribution in [0.3, 0.4) is 0 Å². The molecule has 1 heterocycles. The van der Waals surface area contributed by atoms with Crippen molar-refractivity contribution in [3.63, 3.8) is 0 Å². The van der Waals surface area contributed by atoms with Crippen LogP contribution in [0.25, 0.3) is 0 Å². The maximum Gasteiger partial charge on any atom is 0.216 e. The topological polar surface area (TPSA) is 34.9 Å². The summed E-state index contributed by atoms with van der Waals surface area (Å²) >= 11 is 2.91. The molecule has 6 heteroatoms. The van der Waals surface area contributed by atoms with Crippen molar-refractivity contribution in [2.45, 2.75) is 0 Å². The Bertz CT molecular complexity index is 595. The van der Waals surface area contributed by atoms with Gasteiger partial charge in [0.05, 0.1) is 10.0 Å². The lowest BCUT2D eigenvalue weighted by Gasteiger charge is -2.05. The van der Waals surface area contributed by atoms with Gasteiger partial charge in [-0.25, -0.2) is 8.78 Å². The van der Waals surface area contributed by atoms with Gasteiger partial charge in [0.1, 0.15) is 11.5 Å². The summed E-state index contributed by atoms with van der Waals surface area (Å²) in [5.41, 5.74) is -0.455. The quantitative estimate of drug-likeness (QED) is 0.631. The fraction of sp³-hybridized carbons (Fsp3) is 0.0909. The zero-order chi connectivity index (χ0) is 12.6. The van der Waals surface area contributed by atoms with Crippen LogP contribution in [0.15, 0.2) is 28.9 Å². The molecule has 2 aromatic rings. The minimum atomic E-state index is -0.906. The number of hydrogen-bond donors (Lipinski definition) is 0. The molecule has 0 aliphatic rings. The molecule has 0 unspecified atom stereocenters. The summed E-state index contributed by atoms with van der Waals surface area (Å²) in [4.78, 5) is 12.0. The average Bonchev–Trinajstić information content (AvgIpc) is 2.70. The summed E-state index contributed by atoms with van der Waals surface area (Å²) in [5, 5.41) is 3.78. The molecule has 1 aromatic carbocycles. The summed E-state index contributed by atoms with van der Waals surface area (Å²) in [6.07, 6.45) is 1.39. The van der Waals surface area contributed by atoms with Crippen LogP contribution in [0.4, 0.5) is 8.78 Å². The van der Waals surface area contributed by atoms with Crippen molar-refractivity contribution in [2.75, 3.05) is 0 Å². The molecule has 3 nitrogen and oxygen atoms in total. The SMILES string of the molecule is Cn1nccc1C(=O)c1c(F)ccc(Br)c1F. The molecule has 0 atom stereocenters. The van der Waals surface area contributed by atoms with E-state index in [9.17, 15) is 13.6 Å². The summed E-state index contributed by atoms with van der Waals surface area (Å²) in [7, 11) is 1.53. The Hall–Kier alpha value is -1.56. The van der Waals surface area contributed by atoms with Crippen LogP contribution < -0.4 is 0 Å². The Balaban J connectivity index is 2.59. The number of ketones is 1. The van der Waals surface area contributed by atoms with Crippen molar-refractivity contribution in [2.24, 2.45) is 7.05 Å². The van der Waals surface area contributed by atoms with Gasteiger partial charge in [-0.15, -0.1) is 0 Å². The summed E-state index contributed by atoms with van der Waals surface area (Å²) in [5.74, 6) is -2.53. The zero-order valence-corrected chi connectivity index (χ0v) is 10.3. The Morgan fingerprint density at radius 1 is 1.35 bits per heavy atom. The highest BCUT2D eigenvalue weighted by molar-refractivity contribution is 9.10. The molecule has 2 rings (SSSR count). The molecule has 0 aliphatic heterocycles. The number of aryl methyl sites for hydroxylation is 1. The van der Waals surface area contributed by atoms with Crippen LogP contribution >= 0.6 is 15.9 Å². The molecule has 88 valence electrons. The van der Waals surface area contributed by atoms with Crippen LogP contribution in [0, 0.1) is 11.6 Å². The van der Waals surface area contributed by atoms with Crippen molar-refractivity contribution >= 4 is 21.7 Å². The fourth-order valence-electron chi connectivity index (χ4n) is 1.46. The fourth-order valence-corrected chi connectivity index (χ4v) is 1.79. The maximum absolute atomic E-state index is 13.7. The van der Waals surface area contributed by atoms with Gasteiger partial charge in [0.15, 0.2) is 5.82 Å². The molecule has 0 N–H and O–H groups in total. The van der Waals surface area contributed by atoms with E-state index in [4.69, 9.17) is 0 Å². The van der Waals surface area contributed by atoms with Crippen molar-refractivity contribution in [3.8, 4) is 0 Å². The molecule has 0 spiro atoms. The monoisotopic (exact) mass is 300 g/mol. The normalized spacial score (nSPS) is 10.6. The van der Waals surface area contributed by atoms with E-state index < -0.39 is 23.0 Å². The molecule has 0 saturated heterocycles. The van der Waals surface area contributed by atoms with Crippen LogP contribution in [-0.2, 0) is 7.05 Å². The van der Waals surface area contributed by atoms with Gasteiger partial charge < -0.3 is 0 Å². The highest BCUT2D eigenvalue weighted by Gasteiger charge is 2.22. The Kier molecular flexibility index (Phi) is 3.06. The van der Waals surface area contributed by atoms with E-state index in [0.717, 1.165) is 6.07 Å². The second-order valence-corrected chi connectivity index (χ2v) is 4.24. The van der Waals surface area contributed by atoms with Crippen LogP contribution in [0.2, 0.25) is 0 Å². The molecule has 0 saturated carbocycles. The largest absolute Gasteiger partial charge is 0.287 e. The van der Waals surface area contributed by atoms with Crippen LogP contribution in [-0.4, -0.2) is 15.6 Å². The van der Waals surface area contributed by atoms with Gasteiger partial charge in [-0.2, -0.15) is 5.10 Å². The first kappa shape index (κ1) is 11.9. The molecular formula is C11H7BrF2N2O. The van der Waals surface area contributed by atoms with Gasteiger partial charge in [-0.3, -0.25) is 9.48 Å². The van der Waals surface area contributed by atoms with Crippen molar-refractivity contribution in [1.82, 2.24) is 9.78 Å². The number of rotatable bonds is 2. The van der Waals surface area contributed by atoms with Crippen LogP contribution in [0.5, 0.6) is 0 Å². The van der Waals surface area contributed by atoms with Gasteiger partial charge in [0, 0.05) is 13.2 Å². The molecule has 17 heavy (non-hydrogen) atoms. The van der Waals surface area contributed by atoms with E-state index >= 15 is 0 Å². The number of carbonyl (C=O) groups excluding carboxylic acids is 1. The lowest BCUT2D eigenvalue weighted by molar-refractivity contribution is 0.102. The maximum atomic E-state index is 13.7. The van der Waals surface area contributed by atoms with E-state index in [1.165, 1.54) is 30.1 Å². The van der Waals surface area contributed by atoms with Crippen molar-refractivity contribution in [1.29, 1.82) is 0 Å². The third-order valence-corrected chi connectivity index (χ3v) is 2.94. The highest BCUT2D eigenvalue weighted by Crippen LogP contribution is 2.23. The first-order valence-corrected chi connectivity index (χ1v) is 5.48. The van der Waals surface area contributed by atoms with E-state index in [1.54, 1.807) is 0 Å². The average molecular weight is 301 g/mol. The van der Waals surface area contributed by atoms with Crippen molar-refractivity contribution in [3.05, 3.63) is 51.8 Å². The molecule has 1 aromatic heterocycles. The zero-order valence-electron chi connectivity index (χ0n) is 8.75. The first-order valence-electron chi connectivity index (χ1n) is 4.68. The van der Waals surface area contributed by atoms with Crippen molar-refractivity contribution < 1.29 is 13.6 Å². The van der Waals surface area contributed by atoms with E-state index in [-0.39, 0.29) is 10.2 Å². The summed E-state index contributed by atoms with van der Waals surface area (Å²) < 4.78 is 28.5. The molecule has 0 amide bonds. The Morgan fingerprint density at radius 2 is 2.06 bits per heavy atom. The van der Waals surface area contributed by atoms with E-state index in [1.807, 2.05) is 0 Å². The number of nitrogens with zero attached hydrogens (tertiary/aromatic N) is 2. The third kappa shape index (κ3) is 2.00. The first-order chi connectivity index (χ1) is 8.02. The molecule has 0 radical (unpaired) electrons. The summed E-state index contributed by atoms with van der Waals surface area (Å²) in [6.45, 7) is 0. The van der Waals surface area contributed by atoms with Gasteiger partial charge in [-0.1, -0.05) is 0 Å². The van der Waals surface area contributed by atoms with Gasteiger partial charge >= 0.3 is 0 Å². The lowest BCUT2D eigenvalue weighted by Crippen LogP contribution is -2.12. The number of carbonyl (C=O) groups is 1. The second-order valence-electron chi connectivity index (χ2n) is 3.39. The minimum absolute atomic E-state index is 0.0458. The van der Waals surface area contributed by atoms with E-state index in [2.05, 4.69) is 21.0 Å². The standard InChI is InChI=1S/C11H7BrF2N2O/c1-16-8(4-5-15-16)11(17)9-7(13)3-2-6(12)10(9)14/h2-5H,1H3. The molecule has 0 aliphatic carbocycles. The lowest BCUT2D eigenvalue weighted by atomic mass is 10.1. The highest BCUT2D eigenvalue weighted by atomic mass is 79.9. The molecular weight excluding hydrogens is 294 g/mol. The second kappa shape index (κ2) is 4.37. The van der Waals surface area contributed by atoms with Gasteiger partial charge in [0.2, 0.25) is 5.78 Å². The molecule has 0 bridgehead atoms. The Morgan fingerprint density at radius 3 is 2.65 bits per heavy atom. The van der Waals surface area contributed by atoms with E-state index in [0.29, 0.717) is 0 Å². The number of halogens is 3. The summed E-state index contributed by atoms with van der Waals surface area (Å²) in [6, 6.07) is 3.66. The number of hydrogen-bond acceptors (Lipinski definition) is 2. The van der Waals surface area contributed by atoms with Gasteiger partial charge in [-0.05, 0) is 34.1 Å². The minimum Gasteiger partial charge on any atom is -0.287 e. The predicted octanol–water partition coefficient (Wildman–Crippen LogP) is 2.69. The van der Waals surface area contributed by atoms with Crippen LogP contribution in [0.1, 0.15) is 16.1 Å². The predicted molar refractivity (Wildman–Crippen MR) is 60.7 cm³/mol.